The van der Waals surface area contributed by atoms with Crippen molar-refractivity contribution in [2.24, 2.45) is 0 Å². The lowest BCUT2D eigenvalue weighted by Crippen LogP contribution is -1.97. The van der Waals surface area contributed by atoms with Crippen molar-refractivity contribution in [3.05, 3.63) is 48.0 Å². The van der Waals surface area contributed by atoms with E-state index < -0.39 is 6.10 Å². The molecule has 1 unspecified atom stereocenters. The van der Waals surface area contributed by atoms with Gasteiger partial charge in [0, 0.05) is 10.9 Å². The molecule has 3 heteroatoms. The van der Waals surface area contributed by atoms with Gasteiger partial charge in [-0.3, -0.25) is 0 Å². The van der Waals surface area contributed by atoms with Gasteiger partial charge in [-0.05, 0) is 44.4 Å². The van der Waals surface area contributed by atoms with Gasteiger partial charge >= 0.3 is 0 Å². The number of hydrogen-bond acceptors (Lipinski definition) is 2. The maximum atomic E-state index is 13.2. The molecule has 1 heterocycles. The first-order valence-electron chi connectivity index (χ1n) is 6.11. The SMILES string of the molecule is C=CCCCC(O)c1oc2ccc(F)cc2c1C. The second kappa shape index (κ2) is 5.36. The number of aliphatic hydroxyl groups is 1. The fourth-order valence-corrected chi connectivity index (χ4v) is 2.12. The van der Waals surface area contributed by atoms with Gasteiger partial charge in [-0.15, -0.1) is 6.58 Å². The standard InChI is InChI=1S/C15H17FO2/c1-3-4-5-6-13(17)15-10(2)12-9-11(16)7-8-14(12)18-15/h3,7-9,13,17H,1,4-6H2,2H3. The molecular formula is C15H17FO2. The van der Waals surface area contributed by atoms with E-state index in [1.807, 2.05) is 13.0 Å². The summed E-state index contributed by atoms with van der Waals surface area (Å²) < 4.78 is 18.8. The molecule has 0 aliphatic carbocycles. The molecule has 1 aromatic carbocycles. The smallest absolute Gasteiger partial charge is 0.136 e. The van der Waals surface area contributed by atoms with Crippen molar-refractivity contribution in [2.75, 3.05) is 0 Å². The Kier molecular flexibility index (Phi) is 3.82. The lowest BCUT2D eigenvalue weighted by Gasteiger charge is -2.07. The number of halogens is 1. The van der Waals surface area contributed by atoms with Gasteiger partial charge in [0.1, 0.15) is 23.3 Å². The molecule has 0 fully saturated rings. The zero-order chi connectivity index (χ0) is 13.1. The predicted octanol–water partition coefficient (Wildman–Crippen LogP) is 4.27. The monoisotopic (exact) mass is 248 g/mol. The Morgan fingerprint density at radius 1 is 1.50 bits per heavy atom. The largest absolute Gasteiger partial charge is 0.458 e. The van der Waals surface area contributed by atoms with E-state index in [0.717, 1.165) is 23.8 Å². The van der Waals surface area contributed by atoms with Gasteiger partial charge in [-0.1, -0.05) is 6.08 Å². The zero-order valence-corrected chi connectivity index (χ0v) is 10.4. The van der Waals surface area contributed by atoms with Crippen molar-refractivity contribution < 1.29 is 13.9 Å². The van der Waals surface area contributed by atoms with Crippen molar-refractivity contribution in [3.63, 3.8) is 0 Å². The van der Waals surface area contributed by atoms with E-state index in [9.17, 15) is 9.50 Å². The number of fused-ring (bicyclic) bond motifs is 1. The molecule has 1 N–H and O–H groups in total. The number of hydrogen-bond donors (Lipinski definition) is 1. The molecule has 0 bridgehead atoms. The van der Waals surface area contributed by atoms with Crippen LogP contribution in [0, 0.1) is 12.7 Å². The van der Waals surface area contributed by atoms with Crippen molar-refractivity contribution >= 4 is 11.0 Å². The van der Waals surface area contributed by atoms with Crippen LogP contribution in [0.25, 0.3) is 11.0 Å². The third kappa shape index (κ3) is 2.46. The Morgan fingerprint density at radius 2 is 2.28 bits per heavy atom. The first kappa shape index (κ1) is 12.8. The van der Waals surface area contributed by atoms with Gasteiger partial charge in [-0.2, -0.15) is 0 Å². The van der Waals surface area contributed by atoms with E-state index in [1.165, 1.54) is 12.1 Å². The van der Waals surface area contributed by atoms with E-state index in [1.54, 1.807) is 6.07 Å². The lowest BCUT2D eigenvalue weighted by molar-refractivity contribution is 0.139. The highest BCUT2D eigenvalue weighted by Gasteiger charge is 2.17. The average molecular weight is 248 g/mol. The van der Waals surface area contributed by atoms with Crippen LogP contribution in [-0.4, -0.2) is 5.11 Å². The summed E-state index contributed by atoms with van der Waals surface area (Å²) >= 11 is 0. The lowest BCUT2D eigenvalue weighted by atomic mass is 10.1. The van der Waals surface area contributed by atoms with Crippen LogP contribution >= 0.6 is 0 Å². The first-order valence-corrected chi connectivity index (χ1v) is 6.11. The number of aryl methyl sites for hydroxylation is 1. The second-order valence-corrected chi connectivity index (χ2v) is 4.47. The van der Waals surface area contributed by atoms with Crippen LogP contribution in [0.3, 0.4) is 0 Å². The van der Waals surface area contributed by atoms with E-state index in [0.29, 0.717) is 17.8 Å². The average Bonchev–Trinajstić information content (AvgIpc) is 2.67. The third-order valence-corrected chi connectivity index (χ3v) is 3.12. The highest BCUT2D eigenvalue weighted by Crippen LogP contribution is 2.31. The number of allylic oxidation sites excluding steroid dienone is 1. The maximum Gasteiger partial charge on any atom is 0.136 e. The van der Waals surface area contributed by atoms with E-state index in [2.05, 4.69) is 6.58 Å². The summed E-state index contributed by atoms with van der Waals surface area (Å²) in [7, 11) is 0. The summed E-state index contributed by atoms with van der Waals surface area (Å²) in [5.41, 5.74) is 1.43. The van der Waals surface area contributed by atoms with Gasteiger partial charge in [0.25, 0.3) is 0 Å². The Bertz CT molecular complexity index is 557. The number of benzene rings is 1. The van der Waals surface area contributed by atoms with Crippen LogP contribution in [0.15, 0.2) is 35.3 Å². The molecule has 1 aromatic heterocycles. The Labute approximate surface area is 106 Å². The van der Waals surface area contributed by atoms with Crippen LogP contribution in [0.4, 0.5) is 4.39 Å². The van der Waals surface area contributed by atoms with Gasteiger partial charge in [0.15, 0.2) is 0 Å². The molecule has 2 aromatic rings. The minimum absolute atomic E-state index is 0.293. The topological polar surface area (TPSA) is 33.4 Å². The fraction of sp³-hybridized carbons (Fsp3) is 0.333. The summed E-state index contributed by atoms with van der Waals surface area (Å²) in [6.07, 6.45) is 3.53. The summed E-state index contributed by atoms with van der Waals surface area (Å²) in [6.45, 7) is 5.49. The van der Waals surface area contributed by atoms with Crippen LogP contribution in [0.5, 0.6) is 0 Å². The Balaban J connectivity index is 2.27. The molecule has 0 aliphatic rings. The number of rotatable bonds is 5. The van der Waals surface area contributed by atoms with Gasteiger partial charge < -0.3 is 9.52 Å². The quantitative estimate of drug-likeness (QED) is 0.633. The molecular weight excluding hydrogens is 231 g/mol. The molecule has 0 amide bonds. The highest BCUT2D eigenvalue weighted by molar-refractivity contribution is 5.82. The Hall–Kier alpha value is -1.61. The van der Waals surface area contributed by atoms with Gasteiger partial charge in [-0.25, -0.2) is 4.39 Å². The van der Waals surface area contributed by atoms with E-state index in [4.69, 9.17) is 4.42 Å². The molecule has 0 saturated carbocycles. The number of furan rings is 1. The minimum atomic E-state index is -0.639. The minimum Gasteiger partial charge on any atom is -0.458 e. The summed E-state index contributed by atoms with van der Waals surface area (Å²) in [6, 6.07) is 4.39. The molecule has 2 rings (SSSR count). The normalized spacial score (nSPS) is 12.8. The molecule has 2 nitrogen and oxygen atoms in total. The molecule has 0 spiro atoms. The third-order valence-electron chi connectivity index (χ3n) is 3.12. The Morgan fingerprint density at radius 3 is 3.00 bits per heavy atom. The molecule has 18 heavy (non-hydrogen) atoms. The van der Waals surface area contributed by atoms with Crippen LogP contribution in [0.1, 0.15) is 36.7 Å². The molecule has 1 atom stereocenters. The van der Waals surface area contributed by atoms with Crippen LogP contribution in [0.2, 0.25) is 0 Å². The first-order chi connectivity index (χ1) is 8.63. The second-order valence-electron chi connectivity index (χ2n) is 4.47. The fourth-order valence-electron chi connectivity index (χ4n) is 2.12. The van der Waals surface area contributed by atoms with Crippen LogP contribution in [-0.2, 0) is 0 Å². The van der Waals surface area contributed by atoms with E-state index >= 15 is 0 Å². The van der Waals surface area contributed by atoms with Gasteiger partial charge in [0.2, 0.25) is 0 Å². The zero-order valence-electron chi connectivity index (χ0n) is 10.4. The summed E-state index contributed by atoms with van der Waals surface area (Å²) in [4.78, 5) is 0. The summed E-state index contributed by atoms with van der Waals surface area (Å²) in [5, 5.41) is 10.8. The van der Waals surface area contributed by atoms with E-state index in [-0.39, 0.29) is 5.82 Å². The highest BCUT2D eigenvalue weighted by atomic mass is 19.1. The summed E-state index contributed by atoms with van der Waals surface area (Å²) in [5.74, 6) is 0.249. The number of aliphatic hydroxyl groups excluding tert-OH is 1. The molecule has 96 valence electrons. The molecule has 0 aliphatic heterocycles. The molecule has 0 saturated heterocycles. The van der Waals surface area contributed by atoms with Crippen molar-refractivity contribution in [1.29, 1.82) is 0 Å². The number of unbranched alkanes of at least 4 members (excludes halogenated alkanes) is 1. The van der Waals surface area contributed by atoms with Crippen molar-refractivity contribution in [1.82, 2.24) is 0 Å². The molecule has 0 radical (unpaired) electrons. The van der Waals surface area contributed by atoms with Crippen LogP contribution < -0.4 is 0 Å². The predicted molar refractivity (Wildman–Crippen MR) is 69.9 cm³/mol. The van der Waals surface area contributed by atoms with Crippen molar-refractivity contribution in [3.8, 4) is 0 Å². The van der Waals surface area contributed by atoms with Crippen molar-refractivity contribution in [2.45, 2.75) is 32.3 Å². The maximum absolute atomic E-state index is 13.2. The van der Waals surface area contributed by atoms with Gasteiger partial charge in [0.05, 0.1) is 0 Å².